The Morgan fingerprint density at radius 2 is 2.10 bits per heavy atom. The van der Waals surface area contributed by atoms with E-state index in [0.717, 1.165) is 48.6 Å². The van der Waals surface area contributed by atoms with E-state index < -0.39 is 0 Å². The fourth-order valence-corrected chi connectivity index (χ4v) is 2.66. The van der Waals surface area contributed by atoms with Crippen molar-refractivity contribution in [3.63, 3.8) is 0 Å². The zero-order valence-electron chi connectivity index (χ0n) is 12.2. The fourth-order valence-electron chi connectivity index (χ4n) is 2.16. The Kier molecular flexibility index (Phi) is 6.34. The zero-order valence-corrected chi connectivity index (χ0v) is 13.7. The van der Waals surface area contributed by atoms with Crippen LogP contribution in [0, 0.1) is 0 Å². The summed E-state index contributed by atoms with van der Waals surface area (Å²) in [4.78, 5) is 7.54. The van der Waals surface area contributed by atoms with Crippen molar-refractivity contribution in [1.29, 1.82) is 0 Å². The molecule has 2 rings (SSSR count). The second-order valence-corrected chi connectivity index (χ2v) is 5.87. The first-order valence-electron chi connectivity index (χ1n) is 7.33. The maximum Gasteiger partial charge on any atom is 0.106 e. The van der Waals surface area contributed by atoms with Gasteiger partial charge in [0.1, 0.15) is 5.82 Å². The number of nitrogens with one attached hydrogen (secondary N) is 1. The van der Waals surface area contributed by atoms with Crippen LogP contribution < -0.4 is 0 Å². The number of unbranched alkanes of at least 4 members (excludes halogenated alkanes) is 2. The summed E-state index contributed by atoms with van der Waals surface area (Å²) in [5.74, 6) is 1.03. The van der Waals surface area contributed by atoms with Gasteiger partial charge < -0.3 is 4.98 Å². The van der Waals surface area contributed by atoms with E-state index >= 15 is 0 Å². The van der Waals surface area contributed by atoms with E-state index in [9.17, 15) is 0 Å². The normalized spacial score (nSPS) is 11.4. The molecule has 0 aliphatic rings. The Hall–Kier alpha value is -1.25. The Balaban J connectivity index is 1.70. The molecule has 1 aromatic heterocycles. The summed E-state index contributed by atoms with van der Waals surface area (Å²) in [5.41, 5.74) is 2.25. The summed E-state index contributed by atoms with van der Waals surface area (Å²) in [6.45, 7) is 2.09. The topological polar surface area (TPSA) is 28.7 Å². The molecule has 1 aromatic carbocycles. The van der Waals surface area contributed by atoms with Crippen LogP contribution in [0.2, 0.25) is 10.0 Å². The molecule has 0 saturated heterocycles. The van der Waals surface area contributed by atoms with E-state index in [0.29, 0.717) is 5.02 Å². The maximum atomic E-state index is 6.16. The van der Waals surface area contributed by atoms with Crippen molar-refractivity contribution in [3.05, 3.63) is 57.6 Å². The summed E-state index contributed by atoms with van der Waals surface area (Å²) in [6, 6.07) is 5.71. The minimum Gasteiger partial charge on any atom is -0.343 e. The molecule has 0 unspecified atom stereocenters. The van der Waals surface area contributed by atoms with E-state index in [1.165, 1.54) is 5.56 Å². The van der Waals surface area contributed by atoms with Gasteiger partial charge in [-0.15, -0.1) is 0 Å². The molecule has 21 heavy (non-hydrogen) atoms. The second-order valence-electron chi connectivity index (χ2n) is 5.02. The number of imidazole rings is 1. The zero-order chi connectivity index (χ0) is 15.1. The summed E-state index contributed by atoms with van der Waals surface area (Å²) >= 11 is 12.0. The van der Waals surface area contributed by atoms with Gasteiger partial charge in [0.2, 0.25) is 0 Å². The largest absolute Gasteiger partial charge is 0.343 e. The van der Waals surface area contributed by atoms with Crippen molar-refractivity contribution in [2.75, 3.05) is 0 Å². The smallest absolute Gasteiger partial charge is 0.106 e. The van der Waals surface area contributed by atoms with E-state index in [4.69, 9.17) is 23.2 Å². The number of H-pyrrole nitrogens is 1. The van der Waals surface area contributed by atoms with Crippen molar-refractivity contribution >= 4 is 29.3 Å². The summed E-state index contributed by atoms with van der Waals surface area (Å²) in [5, 5.41) is 1.46. The van der Waals surface area contributed by atoms with E-state index in [-0.39, 0.29) is 0 Å². The van der Waals surface area contributed by atoms with E-state index in [2.05, 4.69) is 29.0 Å². The van der Waals surface area contributed by atoms with Gasteiger partial charge in [-0.2, -0.15) is 0 Å². The molecule has 0 atom stereocenters. The quantitative estimate of drug-likeness (QED) is 0.650. The average molecular weight is 323 g/mol. The lowest BCUT2D eigenvalue weighted by Gasteiger charge is -2.03. The van der Waals surface area contributed by atoms with Gasteiger partial charge >= 0.3 is 0 Å². The monoisotopic (exact) mass is 322 g/mol. The third-order valence-corrected chi connectivity index (χ3v) is 3.95. The minimum atomic E-state index is 0.692. The van der Waals surface area contributed by atoms with Crippen LogP contribution in [-0.4, -0.2) is 9.97 Å². The SMILES string of the molecule is CCc1ncc(/C=C/CCCCc2ccc(Cl)cc2Cl)[nH]1. The number of aromatic nitrogens is 2. The Morgan fingerprint density at radius 1 is 1.24 bits per heavy atom. The molecule has 0 aliphatic carbocycles. The molecule has 1 N–H and O–H groups in total. The molecule has 1 heterocycles. The van der Waals surface area contributed by atoms with Gasteiger partial charge in [0.25, 0.3) is 0 Å². The lowest BCUT2D eigenvalue weighted by Crippen LogP contribution is -1.87. The molecule has 4 heteroatoms. The first kappa shape index (κ1) is 16.1. The van der Waals surface area contributed by atoms with Crippen molar-refractivity contribution in [1.82, 2.24) is 9.97 Å². The number of aromatic amines is 1. The van der Waals surface area contributed by atoms with Gasteiger partial charge in [-0.3, -0.25) is 0 Å². The van der Waals surface area contributed by atoms with Crippen LogP contribution in [0.4, 0.5) is 0 Å². The number of allylic oxidation sites excluding steroid dienone is 1. The number of halogens is 2. The highest BCUT2D eigenvalue weighted by molar-refractivity contribution is 6.35. The van der Waals surface area contributed by atoms with Crippen LogP contribution in [0.5, 0.6) is 0 Å². The molecule has 2 nitrogen and oxygen atoms in total. The van der Waals surface area contributed by atoms with Crippen LogP contribution >= 0.6 is 23.2 Å². The molecule has 2 aromatic rings. The van der Waals surface area contributed by atoms with Gasteiger partial charge in [-0.1, -0.05) is 42.3 Å². The number of nitrogens with zero attached hydrogens (tertiary/aromatic N) is 1. The molecule has 0 spiro atoms. The molecular weight excluding hydrogens is 303 g/mol. The number of hydrogen-bond acceptors (Lipinski definition) is 1. The summed E-state index contributed by atoms with van der Waals surface area (Å²) in [7, 11) is 0. The molecule has 0 radical (unpaired) electrons. The van der Waals surface area contributed by atoms with E-state index in [1.54, 1.807) is 0 Å². The van der Waals surface area contributed by atoms with Gasteiger partial charge in [-0.25, -0.2) is 4.98 Å². The third-order valence-electron chi connectivity index (χ3n) is 3.36. The lowest BCUT2D eigenvalue weighted by atomic mass is 10.1. The Bertz CT molecular complexity index is 603. The number of benzene rings is 1. The van der Waals surface area contributed by atoms with Crippen molar-refractivity contribution in [2.45, 2.75) is 39.0 Å². The van der Waals surface area contributed by atoms with Gasteiger partial charge in [0, 0.05) is 16.5 Å². The average Bonchev–Trinajstić information content (AvgIpc) is 2.92. The number of rotatable bonds is 7. The molecule has 0 aliphatic heterocycles. The first-order chi connectivity index (χ1) is 10.2. The Morgan fingerprint density at radius 3 is 2.81 bits per heavy atom. The van der Waals surface area contributed by atoms with Crippen molar-refractivity contribution in [3.8, 4) is 0 Å². The fraction of sp³-hybridized carbons (Fsp3) is 0.353. The van der Waals surface area contributed by atoms with Crippen LogP contribution in [0.15, 0.2) is 30.5 Å². The highest BCUT2D eigenvalue weighted by Crippen LogP contribution is 2.22. The van der Waals surface area contributed by atoms with Crippen molar-refractivity contribution < 1.29 is 0 Å². The van der Waals surface area contributed by atoms with E-state index in [1.807, 2.05) is 24.4 Å². The predicted molar refractivity (Wildman–Crippen MR) is 91.0 cm³/mol. The van der Waals surface area contributed by atoms with Gasteiger partial charge in [0.05, 0.1) is 11.9 Å². The van der Waals surface area contributed by atoms with Crippen LogP contribution in [0.1, 0.15) is 43.3 Å². The van der Waals surface area contributed by atoms with Gasteiger partial charge in [-0.05, 0) is 49.5 Å². The maximum absolute atomic E-state index is 6.16. The highest BCUT2D eigenvalue weighted by Gasteiger charge is 2.00. The highest BCUT2D eigenvalue weighted by atomic mass is 35.5. The molecule has 112 valence electrons. The van der Waals surface area contributed by atoms with Crippen molar-refractivity contribution in [2.24, 2.45) is 0 Å². The minimum absolute atomic E-state index is 0.692. The first-order valence-corrected chi connectivity index (χ1v) is 8.09. The summed E-state index contributed by atoms with van der Waals surface area (Å²) < 4.78 is 0. The molecule has 0 fully saturated rings. The second kappa shape index (κ2) is 8.26. The molecule has 0 amide bonds. The van der Waals surface area contributed by atoms with Crippen LogP contribution in [0.3, 0.4) is 0 Å². The third kappa shape index (κ3) is 5.22. The molecule has 0 bridgehead atoms. The standard InChI is InChI=1S/C17H20Cl2N2/c1-2-17-20-12-15(21-17)8-6-4-3-5-7-13-9-10-14(18)11-16(13)19/h6,8-12H,2-5,7H2,1H3,(H,20,21)/b8-6+. The summed E-state index contributed by atoms with van der Waals surface area (Å²) in [6.07, 6.45) is 11.4. The Labute approximate surface area is 136 Å². The predicted octanol–water partition coefficient (Wildman–Crippen LogP) is 5.71. The van der Waals surface area contributed by atoms with Crippen LogP contribution in [0.25, 0.3) is 6.08 Å². The van der Waals surface area contributed by atoms with Gasteiger partial charge in [0.15, 0.2) is 0 Å². The molecule has 0 saturated carbocycles. The number of hydrogen-bond donors (Lipinski definition) is 1. The lowest BCUT2D eigenvalue weighted by molar-refractivity contribution is 0.749. The van der Waals surface area contributed by atoms with Crippen LogP contribution in [-0.2, 0) is 12.8 Å². The number of aryl methyl sites for hydroxylation is 2. The molecular formula is C17H20Cl2N2.